The number of rotatable bonds is 4. The van der Waals surface area contributed by atoms with Crippen LogP contribution >= 0.6 is 0 Å². The first kappa shape index (κ1) is 16.4. The lowest BCUT2D eigenvalue weighted by atomic mass is 9.95. The Morgan fingerprint density at radius 2 is 2.08 bits per heavy atom. The maximum atomic E-state index is 12.7. The molecule has 126 valence electrons. The number of carbonyl (C=O) groups excluding carboxylic acids is 1. The molecule has 1 aliphatic rings. The van der Waals surface area contributed by atoms with E-state index in [0.29, 0.717) is 18.1 Å². The maximum absolute atomic E-state index is 12.7. The van der Waals surface area contributed by atoms with Crippen LogP contribution in [0.15, 0.2) is 36.5 Å². The summed E-state index contributed by atoms with van der Waals surface area (Å²) in [7, 11) is 0. The van der Waals surface area contributed by atoms with E-state index in [1.165, 1.54) is 0 Å². The summed E-state index contributed by atoms with van der Waals surface area (Å²) in [5, 5.41) is 0. The molecule has 2 heterocycles. The average molecular weight is 325 g/mol. The number of nitrogens with zero attached hydrogens (tertiary/aromatic N) is 3. The molecule has 5 heteroatoms. The quantitative estimate of drug-likeness (QED) is 0.866. The van der Waals surface area contributed by atoms with Gasteiger partial charge in [0.25, 0.3) is 5.91 Å². The van der Waals surface area contributed by atoms with Gasteiger partial charge in [-0.1, -0.05) is 6.07 Å². The van der Waals surface area contributed by atoms with Crippen molar-refractivity contribution in [2.24, 2.45) is 0 Å². The van der Waals surface area contributed by atoms with Gasteiger partial charge in [0.2, 0.25) is 0 Å². The number of aryl methyl sites for hydroxylation is 1. The van der Waals surface area contributed by atoms with Crippen LogP contribution in [0.2, 0.25) is 0 Å². The van der Waals surface area contributed by atoms with E-state index in [2.05, 4.69) is 9.97 Å². The lowest BCUT2D eigenvalue weighted by Crippen LogP contribution is -2.38. The Kier molecular flexibility index (Phi) is 5.08. The number of benzene rings is 1. The van der Waals surface area contributed by atoms with Gasteiger partial charge in [-0.2, -0.15) is 0 Å². The van der Waals surface area contributed by atoms with Crippen LogP contribution in [-0.4, -0.2) is 40.5 Å². The average Bonchev–Trinajstić information content (AvgIpc) is 2.62. The summed E-state index contributed by atoms with van der Waals surface area (Å²) < 4.78 is 5.48. The predicted molar refractivity (Wildman–Crippen MR) is 92.3 cm³/mol. The minimum atomic E-state index is 0.0696. The second-order valence-corrected chi connectivity index (χ2v) is 6.08. The number of likely N-dealkylation sites (tertiary alicyclic amines) is 1. The Labute approximate surface area is 142 Å². The molecule has 1 aromatic carbocycles. The molecule has 0 N–H and O–H groups in total. The van der Waals surface area contributed by atoms with Crippen molar-refractivity contribution in [3.05, 3.63) is 53.6 Å². The van der Waals surface area contributed by atoms with Gasteiger partial charge in [0.15, 0.2) is 0 Å². The van der Waals surface area contributed by atoms with Crippen molar-refractivity contribution in [2.45, 2.75) is 32.6 Å². The zero-order chi connectivity index (χ0) is 16.9. The summed E-state index contributed by atoms with van der Waals surface area (Å²) in [6.45, 7) is 5.99. The van der Waals surface area contributed by atoms with Crippen molar-refractivity contribution >= 4 is 5.91 Å². The van der Waals surface area contributed by atoms with Crippen molar-refractivity contribution in [1.82, 2.24) is 14.9 Å². The Morgan fingerprint density at radius 1 is 1.29 bits per heavy atom. The third kappa shape index (κ3) is 3.72. The lowest BCUT2D eigenvalue weighted by molar-refractivity contribution is 0.0710. The smallest absolute Gasteiger partial charge is 0.253 e. The molecule has 0 bridgehead atoms. The molecule has 24 heavy (non-hydrogen) atoms. The van der Waals surface area contributed by atoms with Crippen molar-refractivity contribution in [3.8, 4) is 5.75 Å². The molecule has 1 fully saturated rings. The second kappa shape index (κ2) is 7.43. The minimum Gasteiger partial charge on any atom is -0.494 e. The van der Waals surface area contributed by atoms with E-state index in [-0.39, 0.29) is 5.91 Å². The first-order valence-electron chi connectivity index (χ1n) is 8.49. The molecule has 2 aromatic rings. The van der Waals surface area contributed by atoms with Gasteiger partial charge < -0.3 is 9.64 Å². The van der Waals surface area contributed by atoms with Gasteiger partial charge in [-0.15, -0.1) is 0 Å². The van der Waals surface area contributed by atoms with Gasteiger partial charge in [-0.25, -0.2) is 9.97 Å². The highest BCUT2D eigenvalue weighted by Gasteiger charge is 2.26. The van der Waals surface area contributed by atoms with E-state index in [4.69, 9.17) is 4.74 Å². The standard InChI is InChI=1S/C19H23N3O2/c1-3-24-17-6-4-5-16(13-17)19(23)22-11-8-15(9-12-22)18-20-10-7-14(2)21-18/h4-7,10,13,15H,3,8-9,11-12H2,1-2H3. The van der Waals surface area contributed by atoms with Crippen LogP contribution in [0.3, 0.4) is 0 Å². The molecular weight excluding hydrogens is 302 g/mol. The fraction of sp³-hybridized carbons (Fsp3) is 0.421. The molecule has 1 saturated heterocycles. The molecule has 1 aliphatic heterocycles. The Balaban J connectivity index is 1.64. The molecular formula is C19H23N3O2. The van der Waals surface area contributed by atoms with Gasteiger partial charge in [0.05, 0.1) is 6.61 Å². The molecule has 1 aromatic heterocycles. The van der Waals surface area contributed by atoms with Crippen LogP contribution in [0.5, 0.6) is 5.75 Å². The minimum absolute atomic E-state index is 0.0696. The largest absolute Gasteiger partial charge is 0.494 e. The van der Waals surface area contributed by atoms with Crippen molar-refractivity contribution < 1.29 is 9.53 Å². The number of piperidine rings is 1. The highest BCUT2D eigenvalue weighted by Crippen LogP contribution is 2.26. The summed E-state index contributed by atoms with van der Waals surface area (Å²) >= 11 is 0. The first-order chi connectivity index (χ1) is 11.7. The zero-order valence-corrected chi connectivity index (χ0v) is 14.2. The third-order valence-electron chi connectivity index (χ3n) is 4.35. The van der Waals surface area contributed by atoms with Crippen LogP contribution in [0.1, 0.15) is 47.6 Å². The normalized spacial score (nSPS) is 15.3. The van der Waals surface area contributed by atoms with E-state index in [1.54, 1.807) is 0 Å². The van der Waals surface area contributed by atoms with Crippen LogP contribution in [0.4, 0.5) is 0 Å². The molecule has 0 spiro atoms. The summed E-state index contributed by atoms with van der Waals surface area (Å²) in [5.74, 6) is 2.05. The molecule has 0 unspecified atom stereocenters. The Morgan fingerprint density at radius 3 is 2.79 bits per heavy atom. The first-order valence-corrected chi connectivity index (χ1v) is 8.49. The van der Waals surface area contributed by atoms with Gasteiger partial charge in [-0.05, 0) is 51.0 Å². The highest BCUT2D eigenvalue weighted by molar-refractivity contribution is 5.94. The topological polar surface area (TPSA) is 55.3 Å². The number of carbonyl (C=O) groups is 1. The highest BCUT2D eigenvalue weighted by atomic mass is 16.5. The monoisotopic (exact) mass is 325 g/mol. The van der Waals surface area contributed by atoms with Crippen molar-refractivity contribution in [3.63, 3.8) is 0 Å². The zero-order valence-electron chi connectivity index (χ0n) is 14.2. The van der Waals surface area contributed by atoms with E-state index < -0.39 is 0 Å². The van der Waals surface area contributed by atoms with E-state index in [0.717, 1.165) is 43.2 Å². The number of amides is 1. The van der Waals surface area contributed by atoms with Crippen LogP contribution in [0, 0.1) is 6.92 Å². The van der Waals surface area contributed by atoms with Crippen molar-refractivity contribution in [1.29, 1.82) is 0 Å². The second-order valence-electron chi connectivity index (χ2n) is 6.08. The molecule has 5 nitrogen and oxygen atoms in total. The number of hydrogen-bond donors (Lipinski definition) is 0. The molecule has 0 atom stereocenters. The molecule has 0 aliphatic carbocycles. The number of ether oxygens (including phenoxy) is 1. The SMILES string of the molecule is CCOc1cccc(C(=O)N2CCC(c3nccc(C)n3)CC2)c1. The molecule has 3 rings (SSSR count). The maximum Gasteiger partial charge on any atom is 0.253 e. The summed E-state index contributed by atoms with van der Waals surface area (Å²) in [4.78, 5) is 23.5. The van der Waals surface area contributed by atoms with Gasteiger partial charge >= 0.3 is 0 Å². The van der Waals surface area contributed by atoms with Crippen LogP contribution < -0.4 is 4.74 Å². The fourth-order valence-corrected chi connectivity index (χ4v) is 3.07. The predicted octanol–water partition coefficient (Wildman–Crippen LogP) is 3.20. The van der Waals surface area contributed by atoms with Crippen LogP contribution in [-0.2, 0) is 0 Å². The Hall–Kier alpha value is -2.43. The lowest BCUT2D eigenvalue weighted by Gasteiger charge is -2.31. The summed E-state index contributed by atoms with van der Waals surface area (Å²) in [6, 6.07) is 9.32. The molecule has 1 amide bonds. The summed E-state index contributed by atoms with van der Waals surface area (Å²) in [5.41, 5.74) is 1.68. The Bertz CT molecular complexity index is 709. The van der Waals surface area contributed by atoms with Gasteiger partial charge in [-0.3, -0.25) is 4.79 Å². The van der Waals surface area contributed by atoms with Gasteiger partial charge in [0, 0.05) is 36.5 Å². The van der Waals surface area contributed by atoms with Crippen LogP contribution in [0.25, 0.3) is 0 Å². The third-order valence-corrected chi connectivity index (χ3v) is 4.35. The number of hydrogen-bond acceptors (Lipinski definition) is 4. The molecule has 0 saturated carbocycles. The van der Waals surface area contributed by atoms with Crippen molar-refractivity contribution in [2.75, 3.05) is 19.7 Å². The van der Waals surface area contributed by atoms with E-state index >= 15 is 0 Å². The van der Waals surface area contributed by atoms with Gasteiger partial charge in [0.1, 0.15) is 11.6 Å². The summed E-state index contributed by atoms with van der Waals surface area (Å²) in [6.07, 6.45) is 3.62. The van der Waals surface area contributed by atoms with E-state index in [1.807, 2.05) is 55.3 Å². The van der Waals surface area contributed by atoms with E-state index in [9.17, 15) is 4.79 Å². The molecule has 0 radical (unpaired) electrons. The fourth-order valence-electron chi connectivity index (χ4n) is 3.07. The number of aromatic nitrogens is 2.